The lowest BCUT2D eigenvalue weighted by atomic mass is 9.78. The second-order valence-electron chi connectivity index (χ2n) is 6.37. The van der Waals surface area contributed by atoms with E-state index in [-0.39, 0.29) is 0 Å². The second kappa shape index (κ2) is 8.95. The first-order valence-electron chi connectivity index (χ1n) is 8.59. The summed E-state index contributed by atoms with van der Waals surface area (Å²) in [5.41, 5.74) is 2.42. The molecule has 0 unspecified atom stereocenters. The Morgan fingerprint density at radius 2 is 1.70 bits per heavy atom. The summed E-state index contributed by atoms with van der Waals surface area (Å²) in [4.78, 5) is 0. The summed E-state index contributed by atoms with van der Waals surface area (Å²) in [6.07, 6.45) is 8.27. The molecule has 0 atom stereocenters. The van der Waals surface area contributed by atoms with Gasteiger partial charge in [0.1, 0.15) is 0 Å². The van der Waals surface area contributed by atoms with Crippen LogP contribution in [-0.4, -0.2) is 0 Å². The van der Waals surface area contributed by atoms with Gasteiger partial charge in [-0.15, -0.1) is 0 Å². The van der Waals surface area contributed by atoms with Crippen molar-refractivity contribution in [2.75, 3.05) is 0 Å². The van der Waals surface area contributed by atoms with Gasteiger partial charge in [-0.1, -0.05) is 56.2 Å². The zero-order chi connectivity index (χ0) is 16.7. The molecule has 126 valence electrons. The predicted octanol–water partition coefficient (Wildman–Crippen LogP) is 7.24. The van der Waals surface area contributed by atoms with Crippen LogP contribution in [-0.2, 0) is 0 Å². The van der Waals surface area contributed by atoms with Crippen LogP contribution in [0.2, 0.25) is 0 Å². The van der Waals surface area contributed by atoms with Crippen molar-refractivity contribution in [3.8, 4) is 0 Å². The molecule has 0 N–H and O–H groups in total. The average molecular weight is 322 g/mol. The molecule has 0 amide bonds. The molecule has 0 bridgehead atoms. The molecule has 1 fully saturated rings. The minimum absolute atomic E-state index is 0.361. The third-order valence-electron chi connectivity index (χ3n) is 4.71. The number of unbranched alkanes of at least 4 members (excludes halogenated alkanes) is 2. The Morgan fingerprint density at radius 3 is 2.26 bits per heavy atom. The van der Waals surface area contributed by atoms with Crippen molar-refractivity contribution in [2.24, 2.45) is 5.92 Å². The molecule has 0 heterocycles. The van der Waals surface area contributed by atoms with Crippen LogP contribution in [0.5, 0.6) is 0 Å². The van der Waals surface area contributed by atoms with E-state index in [2.05, 4.69) is 43.3 Å². The highest BCUT2D eigenvalue weighted by Crippen LogP contribution is 2.40. The topological polar surface area (TPSA) is 0 Å². The number of hydrogen-bond donors (Lipinski definition) is 0. The summed E-state index contributed by atoms with van der Waals surface area (Å²) in [6, 6.07) is 8.44. The molecular weight excluding hydrogens is 297 g/mol. The van der Waals surface area contributed by atoms with Crippen molar-refractivity contribution in [2.45, 2.75) is 57.8 Å². The van der Waals surface area contributed by atoms with Gasteiger partial charge in [-0.25, -0.2) is 4.39 Å². The van der Waals surface area contributed by atoms with E-state index in [0.29, 0.717) is 18.8 Å². The minimum Gasteiger partial charge on any atom is -0.206 e. The largest absolute Gasteiger partial charge is 0.301 e. The molecule has 23 heavy (non-hydrogen) atoms. The smallest absolute Gasteiger partial charge is 0.206 e. The lowest BCUT2D eigenvalue weighted by Gasteiger charge is -2.27. The van der Waals surface area contributed by atoms with E-state index in [1.54, 1.807) is 0 Å². The summed E-state index contributed by atoms with van der Waals surface area (Å²) in [5.74, 6) is -1.42. The van der Waals surface area contributed by atoms with Crippen molar-refractivity contribution in [1.82, 2.24) is 0 Å². The normalized spacial score (nSPS) is 21.6. The first-order valence-corrected chi connectivity index (χ1v) is 8.59. The second-order valence-corrected chi connectivity index (χ2v) is 6.37. The van der Waals surface area contributed by atoms with Gasteiger partial charge in [0.25, 0.3) is 0 Å². The molecule has 2 rings (SSSR count). The third kappa shape index (κ3) is 5.26. The van der Waals surface area contributed by atoms with E-state index in [1.807, 2.05) is 0 Å². The third-order valence-corrected chi connectivity index (χ3v) is 4.71. The fraction of sp³-hybridized carbons (Fsp3) is 0.500. The van der Waals surface area contributed by atoms with E-state index in [4.69, 9.17) is 0 Å². The molecular formula is C20H25F3. The van der Waals surface area contributed by atoms with Crippen LogP contribution in [0.4, 0.5) is 13.2 Å². The van der Waals surface area contributed by atoms with Crippen molar-refractivity contribution in [3.05, 3.63) is 53.4 Å². The Labute approximate surface area is 137 Å². The molecule has 0 aromatic heterocycles. The van der Waals surface area contributed by atoms with Crippen molar-refractivity contribution in [1.29, 1.82) is 0 Å². The summed E-state index contributed by atoms with van der Waals surface area (Å²) in [7, 11) is 0. The highest BCUT2D eigenvalue weighted by atomic mass is 19.3. The Hall–Kier alpha value is -1.51. The van der Waals surface area contributed by atoms with E-state index in [9.17, 15) is 13.2 Å². The number of allylic oxidation sites excluding steroid dienone is 2. The minimum atomic E-state index is -2.15. The summed E-state index contributed by atoms with van der Waals surface area (Å²) in [5, 5.41) is 0. The molecule has 1 aliphatic carbocycles. The van der Waals surface area contributed by atoms with E-state index >= 15 is 0 Å². The van der Waals surface area contributed by atoms with Gasteiger partial charge in [0.2, 0.25) is 0 Å². The maximum absolute atomic E-state index is 13.3. The first-order chi connectivity index (χ1) is 11.1. The van der Waals surface area contributed by atoms with Crippen LogP contribution >= 0.6 is 0 Å². The maximum Gasteiger partial charge on any atom is 0.301 e. The van der Waals surface area contributed by atoms with E-state index in [0.717, 1.165) is 19.3 Å². The Kier molecular flexibility index (Phi) is 6.94. The highest BCUT2D eigenvalue weighted by Gasteiger charge is 2.27. The number of hydrogen-bond acceptors (Lipinski definition) is 0. The van der Waals surface area contributed by atoms with Crippen LogP contribution in [0, 0.1) is 5.92 Å². The summed E-state index contributed by atoms with van der Waals surface area (Å²) < 4.78 is 37.9. The number of benzene rings is 1. The first kappa shape index (κ1) is 17.8. The van der Waals surface area contributed by atoms with Crippen molar-refractivity contribution < 1.29 is 13.2 Å². The van der Waals surface area contributed by atoms with Crippen molar-refractivity contribution in [3.63, 3.8) is 0 Å². The molecule has 0 nitrogen and oxygen atoms in total. The molecule has 1 aromatic carbocycles. The van der Waals surface area contributed by atoms with Crippen LogP contribution in [0.3, 0.4) is 0 Å². The van der Waals surface area contributed by atoms with E-state index in [1.165, 1.54) is 24.0 Å². The summed E-state index contributed by atoms with van der Waals surface area (Å²) >= 11 is 0. The summed E-state index contributed by atoms with van der Waals surface area (Å²) in [6.45, 7) is 2.18. The van der Waals surface area contributed by atoms with Gasteiger partial charge >= 0.3 is 6.08 Å². The molecule has 0 radical (unpaired) electrons. The van der Waals surface area contributed by atoms with Gasteiger partial charge in [0, 0.05) is 5.92 Å². The van der Waals surface area contributed by atoms with Crippen LogP contribution in [0.25, 0.3) is 6.08 Å². The van der Waals surface area contributed by atoms with Crippen LogP contribution < -0.4 is 0 Å². The Bertz CT molecular complexity index is 531. The standard InChI is InChI=1S/C20H25F3/c1-2-3-4-5-6-15-7-9-16(10-8-15)17-11-13-18(14-12-17)19(21)20(22)23/h5-10,17-18H,2-4,11-14H2,1H3/b6-5+. The quantitative estimate of drug-likeness (QED) is 0.484. The SMILES string of the molecule is CCCC/C=C/c1ccc(C2CCC(C(F)=C(F)F)CC2)cc1. The monoisotopic (exact) mass is 322 g/mol. The van der Waals surface area contributed by atoms with Gasteiger partial charge in [-0.05, 0) is 49.1 Å². The number of halogens is 3. The molecule has 0 spiro atoms. The molecule has 0 saturated heterocycles. The van der Waals surface area contributed by atoms with Gasteiger partial charge in [-0.3, -0.25) is 0 Å². The Morgan fingerprint density at radius 1 is 1.04 bits per heavy atom. The number of rotatable bonds is 6. The molecule has 1 saturated carbocycles. The lowest BCUT2D eigenvalue weighted by molar-refractivity contribution is 0.281. The van der Waals surface area contributed by atoms with Gasteiger partial charge in [-0.2, -0.15) is 8.78 Å². The lowest BCUT2D eigenvalue weighted by Crippen LogP contribution is -2.14. The Balaban J connectivity index is 1.89. The zero-order valence-corrected chi connectivity index (χ0v) is 13.7. The van der Waals surface area contributed by atoms with Crippen LogP contribution in [0.1, 0.15) is 68.9 Å². The predicted molar refractivity (Wildman–Crippen MR) is 90.1 cm³/mol. The highest BCUT2D eigenvalue weighted by molar-refractivity contribution is 5.49. The molecule has 0 aliphatic heterocycles. The van der Waals surface area contributed by atoms with Gasteiger partial charge < -0.3 is 0 Å². The average Bonchev–Trinajstić information content (AvgIpc) is 2.59. The zero-order valence-electron chi connectivity index (χ0n) is 13.7. The molecule has 1 aromatic rings. The van der Waals surface area contributed by atoms with Crippen molar-refractivity contribution >= 4 is 6.08 Å². The van der Waals surface area contributed by atoms with Gasteiger partial charge in [0.15, 0.2) is 5.83 Å². The maximum atomic E-state index is 13.3. The fourth-order valence-corrected chi connectivity index (χ4v) is 3.26. The van der Waals surface area contributed by atoms with Gasteiger partial charge in [0.05, 0.1) is 0 Å². The fourth-order valence-electron chi connectivity index (χ4n) is 3.26. The molecule has 1 aliphatic rings. The molecule has 3 heteroatoms. The van der Waals surface area contributed by atoms with Crippen LogP contribution in [0.15, 0.2) is 42.2 Å². The van der Waals surface area contributed by atoms with E-state index < -0.39 is 17.8 Å².